The van der Waals surface area contributed by atoms with E-state index >= 15 is 0 Å². The number of carbonyl (C=O) groups excluding carboxylic acids is 2. The summed E-state index contributed by atoms with van der Waals surface area (Å²) < 4.78 is 0. The number of amides is 2. The molecule has 1 fully saturated rings. The highest BCUT2D eigenvalue weighted by atomic mass is 16.2. The summed E-state index contributed by atoms with van der Waals surface area (Å²) in [6, 6.07) is 10.4. The van der Waals surface area contributed by atoms with Crippen molar-refractivity contribution in [1.29, 1.82) is 0 Å². The Morgan fingerprint density at radius 2 is 1.71 bits per heavy atom. The number of hydrogen-bond donors (Lipinski definition) is 0. The lowest BCUT2D eigenvalue weighted by Gasteiger charge is -2.35. The fraction of sp³-hybridized carbons (Fsp3) is 0.579. The van der Waals surface area contributed by atoms with Gasteiger partial charge in [-0.1, -0.05) is 37.3 Å². The van der Waals surface area contributed by atoms with Crippen LogP contribution in [-0.2, 0) is 16.1 Å². The van der Waals surface area contributed by atoms with Crippen molar-refractivity contribution in [2.24, 2.45) is 0 Å². The molecule has 0 aliphatic carbocycles. The molecule has 0 bridgehead atoms. The Kier molecular flexibility index (Phi) is 7.25. The number of hydrogen-bond acceptors (Lipinski definition) is 3. The molecule has 0 radical (unpaired) electrons. The van der Waals surface area contributed by atoms with Crippen LogP contribution < -0.4 is 0 Å². The monoisotopic (exact) mass is 331 g/mol. The van der Waals surface area contributed by atoms with Crippen LogP contribution in [0.2, 0.25) is 0 Å². The van der Waals surface area contributed by atoms with Gasteiger partial charge in [0, 0.05) is 59.2 Å². The number of benzene rings is 1. The molecule has 1 aromatic carbocycles. The SMILES string of the molecule is CCCN(CCC(=O)N1CCN(Cc2ccccc2)CC1)C(C)=O. The molecule has 1 aliphatic rings. The average Bonchev–Trinajstić information content (AvgIpc) is 2.59. The van der Waals surface area contributed by atoms with Crippen LogP contribution in [-0.4, -0.2) is 65.8 Å². The second-order valence-corrected chi connectivity index (χ2v) is 6.40. The number of rotatable bonds is 7. The third-order valence-electron chi connectivity index (χ3n) is 4.51. The van der Waals surface area contributed by atoms with Gasteiger partial charge in [0.15, 0.2) is 0 Å². The van der Waals surface area contributed by atoms with Gasteiger partial charge in [0.25, 0.3) is 0 Å². The Balaban J connectivity index is 1.73. The maximum Gasteiger partial charge on any atom is 0.224 e. The Morgan fingerprint density at radius 1 is 1.04 bits per heavy atom. The standard InChI is InChI=1S/C19H29N3O2/c1-3-10-21(17(2)23)11-9-19(24)22-14-12-20(13-15-22)16-18-7-5-4-6-8-18/h4-8H,3,9-16H2,1-2H3. The summed E-state index contributed by atoms with van der Waals surface area (Å²) in [5.41, 5.74) is 1.31. The quantitative estimate of drug-likeness (QED) is 0.767. The fourth-order valence-electron chi connectivity index (χ4n) is 3.08. The van der Waals surface area contributed by atoms with Crippen LogP contribution in [0.5, 0.6) is 0 Å². The molecule has 132 valence electrons. The molecule has 1 aromatic rings. The van der Waals surface area contributed by atoms with E-state index in [1.807, 2.05) is 17.9 Å². The van der Waals surface area contributed by atoms with E-state index in [1.54, 1.807) is 11.8 Å². The van der Waals surface area contributed by atoms with Gasteiger partial charge in [0.1, 0.15) is 0 Å². The van der Waals surface area contributed by atoms with E-state index in [-0.39, 0.29) is 11.8 Å². The Bertz CT molecular complexity index is 525. The van der Waals surface area contributed by atoms with Gasteiger partial charge in [-0.05, 0) is 12.0 Å². The van der Waals surface area contributed by atoms with E-state index in [2.05, 4.69) is 29.2 Å². The molecule has 0 N–H and O–H groups in total. The van der Waals surface area contributed by atoms with Gasteiger partial charge in [-0.2, -0.15) is 0 Å². The molecule has 0 spiro atoms. The highest BCUT2D eigenvalue weighted by Crippen LogP contribution is 2.09. The lowest BCUT2D eigenvalue weighted by Crippen LogP contribution is -2.49. The summed E-state index contributed by atoms with van der Waals surface area (Å²) in [4.78, 5) is 30.0. The molecule has 5 nitrogen and oxygen atoms in total. The topological polar surface area (TPSA) is 43.9 Å². The maximum atomic E-state index is 12.4. The van der Waals surface area contributed by atoms with Crippen LogP contribution >= 0.6 is 0 Å². The van der Waals surface area contributed by atoms with Gasteiger partial charge < -0.3 is 9.80 Å². The zero-order valence-corrected chi connectivity index (χ0v) is 14.9. The molecular weight excluding hydrogens is 302 g/mol. The molecule has 24 heavy (non-hydrogen) atoms. The Labute approximate surface area is 145 Å². The van der Waals surface area contributed by atoms with E-state index in [0.717, 1.165) is 45.7 Å². The predicted octanol–water partition coefficient (Wildman–Crippen LogP) is 1.98. The highest BCUT2D eigenvalue weighted by Gasteiger charge is 2.21. The summed E-state index contributed by atoms with van der Waals surface area (Å²) in [5, 5.41) is 0. The number of nitrogens with zero attached hydrogens (tertiary/aromatic N) is 3. The van der Waals surface area contributed by atoms with Gasteiger partial charge in [0.2, 0.25) is 11.8 Å². The van der Waals surface area contributed by atoms with E-state index < -0.39 is 0 Å². The van der Waals surface area contributed by atoms with Gasteiger partial charge in [-0.15, -0.1) is 0 Å². The lowest BCUT2D eigenvalue weighted by atomic mass is 10.2. The van der Waals surface area contributed by atoms with Crippen LogP contribution in [0.1, 0.15) is 32.3 Å². The van der Waals surface area contributed by atoms with E-state index in [1.165, 1.54) is 5.56 Å². The van der Waals surface area contributed by atoms with Crippen molar-refractivity contribution in [3.05, 3.63) is 35.9 Å². The molecule has 0 saturated carbocycles. The van der Waals surface area contributed by atoms with E-state index in [4.69, 9.17) is 0 Å². The smallest absolute Gasteiger partial charge is 0.224 e. The normalized spacial score (nSPS) is 15.3. The van der Waals surface area contributed by atoms with Crippen LogP contribution in [0.3, 0.4) is 0 Å². The second kappa shape index (κ2) is 9.42. The largest absolute Gasteiger partial charge is 0.342 e. The van der Waals surface area contributed by atoms with Crippen molar-refractivity contribution in [3.63, 3.8) is 0 Å². The van der Waals surface area contributed by atoms with Gasteiger partial charge in [-0.3, -0.25) is 14.5 Å². The first-order valence-electron chi connectivity index (χ1n) is 8.89. The summed E-state index contributed by atoms with van der Waals surface area (Å²) in [5.74, 6) is 0.217. The molecule has 1 heterocycles. The first kappa shape index (κ1) is 18.5. The van der Waals surface area contributed by atoms with E-state index in [0.29, 0.717) is 13.0 Å². The molecule has 2 amide bonds. The average molecular weight is 331 g/mol. The van der Waals surface area contributed by atoms with Gasteiger partial charge in [0.05, 0.1) is 0 Å². The third-order valence-corrected chi connectivity index (χ3v) is 4.51. The van der Waals surface area contributed by atoms with Crippen molar-refractivity contribution >= 4 is 11.8 Å². The first-order valence-corrected chi connectivity index (χ1v) is 8.89. The predicted molar refractivity (Wildman–Crippen MR) is 95.5 cm³/mol. The second-order valence-electron chi connectivity index (χ2n) is 6.40. The van der Waals surface area contributed by atoms with Gasteiger partial charge >= 0.3 is 0 Å². The molecule has 0 aromatic heterocycles. The lowest BCUT2D eigenvalue weighted by molar-refractivity contribution is -0.134. The van der Waals surface area contributed by atoms with Crippen molar-refractivity contribution < 1.29 is 9.59 Å². The van der Waals surface area contributed by atoms with Crippen molar-refractivity contribution in [2.75, 3.05) is 39.3 Å². The zero-order chi connectivity index (χ0) is 17.4. The van der Waals surface area contributed by atoms with Crippen LogP contribution in [0.4, 0.5) is 0 Å². The molecular formula is C19H29N3O2. The summed E-state index contributed by atoms with van der Waals surface area (Å²) in [6.45, 7) is 9.19. The molecule has 2 rings (SSSR count). The zero-order valence-electron chi connectivity index (χ0n) is 14.9. The van der Waals surface area contributed by atoms with Crippen molar-refractivity contribution in [3.8, 4) is 0 Å². The molecule has 0 atom stereocenters. The Hall–Kier alpha value is -1.88. The van der Waals surface area contributed by atoms with E-state index in [9.17, 15) is 9.59 Å². The molecule has 1 aliphatic heterocycles. The Morgan fingerprint density at radius 3 is 2.29 bits per heavy atom. The minimum absolute atomic E-state index is 0.0531. The molecule has 1 saturated heterocycles. The summed E-state index contributed by atoms with van der Waals surface area (Å²) in [7, 11) is 0. The highest BCUT2D eigenvalue weighted by molar-refractivity contribution is 5.78. The number of piperazine rings is 1. The van der Waals surface area contributed by atoms with Crippen molar-refractivity contribution in [1.82, 2.24) is 14.7 Å². The van der Waals surface area contributed by atoms with Crippen molar-refractivity contribution in [2.45, 2.75) is 33.2 Å². The van der Waals surface area contributed by atoms with Crippen LogP contribution in [0.25, 0.3) is 0 Å². The first-order chi connectivity index (χ1) is 11.6. The van der Waals surface area contributed by atoms with Crippen LogP contribution in [0.15, 0.2) is 30.3 Å². The van der Waals surface area contributed by atoms with Gasteiger partial charge in [-0.25, -0.2) is 0 Å². The minimum Gasteiger partial charge on any atom is -0.342 e. The third kappa shape index (κ3) is 5.64. The van der Waals surface area contributed by atoms with Crippen LogP contribution in [0, 0.1) is 0 Å². The maximum absolute atomic E-state index is 12.4. The minimum atomic E-state index is 0.0531. The molecule has 5 heteroatoms. The number of carbonyl (C=O) groups is 2. The summed E-state index contributed by atoms with van der Waals surface area (Å²) in [6.07, 6.45) is 1.35. The molecule has 0 unspecified atom stereocenters. The fourth-order valence-corrected chi connectivity index (χ4v) is 3.08. The summed E-state index contributed by atoms with van der Waals surface area (Å²) >= 11 is 0.